The summed E-state index contributed by atoms with van der Waals surface area (Å²) in [6, 6.07) is 9.86. The van der Waals surface area contributed by atoms with Crippen LogP contribution in [0.5, 0.6) is 0 Å². The molecular weight excluding hydrogens is 457 g/mol. The molecule has 37 heavy (non-hydrogen) atoms. The van der Waals surface area contributed by atoms with Crippen LogP contribution in [0.3, 0.4) is 0 Å². The van der Waals surface area contributed by atoms with Gasteiger partial charge in [0.05, 0.1) is 5.56 Å². The summed E-state index contributed by atoms with van der Waals surface area (Å²) in [4.78, 5) is 9.29. The van der Waals surface area contributed by atoms with Crippen molar-refractivity contribution in [3.05, 3.63) is 61.8 Å². The fourth-order valence-corrected chi connectivity index (χ4v) is 5.22. The smallest absolute Gasteiger partial charge is 0.250 e. The van der Waals surface area contributed by atoms with E-state index in [1.807, 2.05) is 62.5 Å². The van der Waals surface area contributed by atoms with Crippen molar-refractivity contribution < 1.29 is 4.42 Å². The number of nitrogens with zero attached hydrogens (tertiary/aromatic N) is 5. The average molecular weight is 495 g/mol. The van der Waals surface area contributed by atoms with Crippen molar-refractivity contribution in [2.24, 2.45) is 11.8 Å². The minimum Gasteiger partial charge on any atom is -0.416 e. The van der Waals surface area contributed by atoms with Gasteiger partial charge in [-0.05, 0) is 68.2 Å². The van der Waals surface area contributed by atoms with Crippen molar-refractivity contribution in [3.8, 4) is 22.9 Å². The molecule has 0 amide bonds. The Hall–Kier alpha value is -3.35. The van der Waals surface area contributed by atoms with Gasteiger partial charge in [-0.3, -0.25) is 0 Å². The van der Waals surface area contributed by atoms with E-state index in [1.54, 1.807) is 0 Å². The maximum Gasteiger partial charge on any atom is 0.250 e. The highest BCUT2D eigenvalue weighted by Crippen LogP contribution is 2.34. The van der Waals surface area contributed by atoms with Crippen LogP contribution in [-0.4, -0.2) is 49.2 Å². The average Bonchev–Trinajstić information content (AvgIpc) is 3.45. The fraction of sp³-hybridized carbons (Fsp3) is 0.433. The van der Waals surface area contributed by atoms with E-state index in [9.17, 15) is 0 Å². The Balaban J connectivity index is 0.00000156. The standard InChI is InChI=1S/C28H32BN5O.C2H6/c1-3-6-21-11-15-33(16-12-21)25-18-23(29)8-9-24(25)28-32-31-27(35-28)22-10-13-30-26(17-22)34-14-5-7-20(4-2)19-34;1-2/h3-4,8-10,13,17-18,20-21H,1-2,5-7,11-12,14-16,19H2;1-2H3. The molecule has 0 bridgehead atoms. The molecule has 1 atom stereocenters. The first kappa shape index (κ1) is 26.7. The van der Waals surface area contributed by atoms with Crippen molar-refractivity contribution in [1.29, 1.82) is 0 Å². The fourth-order valence-electron chi connectivity index (χ4n) is 5.22. The van der Waals surface area contributed by atoms with Crippen LogP contribution in [-0.2, 0) is 0 Å². The van der Waals surface area contributed by atoms with Crippen molar-refractivity contribution in [1.82, 2.24) is 15.2 Å². The number of anilines is 2. The molecule has 3 aromatic rings. The number of rotatable bonds is 7. The molecule has 0 N–H and O–H groups in total. The molecule has 1 unspecified atom stereocenters. The van der Waals surface area contributed by atoms with Crippen LogP contribution in [0, 0.1) is 11.8 Å². The molecule has 2 aromatic heterocycles. The van der Waals surface area contributed by atoms with Crippen LogP contribution in [0.15, 0.2) is 66.3 Å². The third-order valence-electron chi connectivity index (χ3n) is 7.24. The summed E-state index contributed by atoms with van der Waals surface area (Å²) in [5.41, 5.74) is 3.57. The molecule has 4 heterocycles. The number of piperidine rings is 2. The number of allylic oxidation sites excluding steroid dienone is 1. The zero-order chi connectivity index (χ0) is 26.2. The van der Waals surface area contributed by atoms with Gasteiger partial charge in [-0.25, -0.2) is 4.98 Å². The van der Waals surface area contributed by atoms with Crippen LogP contribution < -0.4 is 15.3 Å². The first-order valence-corrected chi connectivity index (χ1v) is 13.6. The van der Waals surface area contributed by atoms with Gasteiger partial charge in [0.15, 0.2) is 0 Å². The number of pyridine rings is 1. The molecule has 2 saturated heterocycles. The topological polar surface area (TPSA) is 58.3 Å². The van der Waals surface area contributed by atoms with Gasteiger partial charge >= 0.3 is 0 Å². The summed E-state index contributed by atoms with van der Waals surface area (Å²) in [6.07, 6.45) is 11.6. The first-order valence-electron chi connectivity index (χ1n) is 13.6. The van der Waals surface area contributed by atoms with E-state index in [1.165, 1.54) is 6.42 Å². The third-order valence-corrected chi connectivity index (χ3v) is 7.24. The summed E-state index contributed by atoms with van der Waals surface area (Å²) in [5, 5.41) is 8.80. The van der Waals surface area contributed by atoms with Crippen LogP contribution >= 0.6 is 0 Å². The quantitative estimate of drug-likeness (QED) is 0.304. The van der Waals surface area contributed by atoms with Gasteiger partial charge in [0.25, 0.3) is 0 Å². The molecule has 1 aromatic carbocycles. The van der Waals surface area contributed by atoms with E-state index in [0.717, 1.165) is 80.0 Å². The Morgan fingerprint density at radius 1 is 1.00 bits per heavy atom. The van der Waals surface area contributed by atoms with E-state index < -0.39 is 0 Å². The maximum absolute atomic E-state index is 6.21. The number of aromatic nitrogens is 3. The Bertz CT molecular complexity index is 1180. The Morgan fingerprint density at radius 3 is 2.54 bits per heavy atom. The molecule has 0 spiro atoms. The molecule has 2 radical (unpaired) electrons. The lowest BCUT2D eigenvalue weighted by molar-refractivity contribution is 0.410. The summed E-state index contributed by atoms with van der Waals surface area (Å²) in [7, 11) is 6.17. The minimum absolute atomic E-state index is 0.494. The summed E-state index contributed by atoms with van der Waals surface area (Å²) in [5.74, 6) is 3.13. The van der Waals surface area contributed by atoms with Crippen LogP contribution in [0.25, 0.3) is 22.9 Å². The highest BCUT2D eigenvalue weighted by molar-refractivity contribution is 6.32. The van der Waals surface area contributed by atoms with Crippen molar-refractivity contribution in [3.63, 3.8) is 0 Å². The Labute approximate surface area is 222 Å². The summed E-state index contributed by atoms with van der Waals surface area (Å²) < 4.78 is 6.21. The number of hydrogen-bond acceptors (Lipinski definition) is 6. The normalized spacial score (nSPS) is 18.2. The molecule has 192 valence electrons. The number of benzene rings is 1. The Morgan fingerprint density at radius 2 is 1.78 bits per heavy atom. The molecule has 2 aliphatic rings. The second kappa shape index (κ2) is 12.8. The molecule has 5 rings (SSSR count). The van der Waals surface area contributed by atoms with Crippen LogP contribution in [0.4, 0.5) is 11.5 Å². The van der Waals surface area contributed by atoms with E-state index in [0.29, 0.717) is 23.6 Å². The van der Waals surface area contributed by atoms with Gasteiger partial charge in [0.2, 0.25) is 11.8 Å². The lowest BCUT2D eigenvalue weighted by Crippen LogP contribution is -2.35. The SMILES string of the molecule is CC.[B]c1ccc(-c2nnc(-c3ccnc(N4CCCC(C=C)C4)c3)o2)c(N2CCC(CC=C)CC2)c1. The van der Waals surface area contributed by atoms with E-state index in [4.69, 9.17) is 12.3 Å². The van der Waals surface area contributed by atoms with E-state index >= 15 is 0 Å². The van der Waals surface area contributed by atoms with Crippen molar-refractivity contribution in [2.75, 3.05) is 36.0 Å². The first-order chi connectivity index (χ1) is 18.1. The van der Waals surface area contributed by atoms with E-state index in [2.05, 4.69) is 38.1 Å². The van der Waals surface area contributed by atoms with Gasteiger partial charge < -0.3 is 14.2 Å². The van der Waals surface area contributed by atoms with Gasteiger partial charge in [0.1, 0.15) is 13.7 Å². The second-order valence-corrected chi connectivity index (χ2v) is 9.63. The lowest BCUT2D eigenvalue weighted by atomic mass is 9.90. The highest BCUT2D eigenvalue weighted by Gasteiger charge is 2.24. The van der Waals surface area contributed by atoms with Crippen LogP contribution in [0.2, 0.25) is 0 Å². The molecule has 6 nitrogen and oxygen atoms in total. The largest absolute Gasteiger partial charge is 0.416 e. The second-order valence-electron chi connectivity index (χ2n) is 9.63. The van der Waals surface area contributed by atoms with E-state index in [-0.39, 0.29) is 0 Å². The highest BCUT2D eigenvalue weighted by atomic mass is 16.4. The zero-order valence-corrected chi connectivity index (χ0v) is 22.3. The molecule has 2 aliphatic heterocycles. The van der Waals surface area contributed by atoms with Crippen molar-refractivity contribution >= 4 is 24.8 Å². The summed E-state index contributed by atoms with van der Waals surface area (Å²) >= 11 is 0. The van der Waals surface area contributed by atoms with Gasteiger partial charge in [0, 0.05) is 43.6 Å². The molecule has 2 fully saturated rings. The predicted molar refractivity (Wildman–Crippen MR) is 155 cm³/mol. The predicted octanol–water partition coefficient (Wildman–Crippen LogP) is 5.81. The van der Waals surface area contributed by atoms with Gasteiger partial charge in [-0.15, -0.1) is 23.4 Å². The van der Waals surface area contributed by atoms with Gasteiger partial charge in [-0.1, -0.05) is 37.5 Å². The molecule has 7 heteroatoms. The maximum atomic E-state index is 6.21. The Kier molecular flexibility index (Phi) is 9.21. The summed E-state index contributed by atoms with van der Waals surface area (Å²) in [6.45, 7) is 15.8. The van der Waals surface area contributed by atoms with Crippen LogP contribution in [0.1, 0.15) is 46.0 Å². The van der Waals surface area contributed by atoms with Crippen molar-refractivity contribution in [2.45, 2.75) is 46.0 Å². The third kappa shape index (κ3) is 6.32. The molecular formula is C30H38BN5O. The number of hydrogen-bond donors (Lipinski definition) is 0. The lowest BCUT2D eigenvalue weighted by Gasteiger charge is -2.34. The minimum atomic E-state index is 0.494. The monoisotopic (exact) mass is 495 g/mol. The van der Waals surface area contributed by atoms with Gasteiger partial charge in [-0.2, -0.15) is 0 Å². The molecule has 0 saturated carbocycles. The molecule has 0 aliphatic carbocycles. The zero-order valence-electron chi connectivity index (χ0n) is 22.3.